The number of halogens is 2. The molecule has 2 atom stereocenters. The molecule has 0 aliphatic heterocycles. The quantitative estimate of drug-likeness (QED) is 0.380. The lowest BCUT2D eigenvalue weighted by Crippen LogP contribution is -2.50. The van der Waals surface area contributed by atoms with Crippen LogP contribution in [-0.2, 0) is 16.1 Å². The summed E-state index contributed by atoms with van der Waals surface area (Å²) in [5.74, 6) is 0.572. The number of carbonyl (C=O) groups is 2. The maximum atomic E-state index is 13.2. The van der Waals surface area contributed by atoms with E-state index in [0.717, 1.165) is 20.9 Å². The molecule has 1 N–H and O–H groups in total. The minimum atomic E-state index is -0.629. The number of rotatable bonds is 10. The van der Waals surface area contributed by atoms with E-state index in [1.54, 1.807) is 11.8 Å². The zero-order chi connectivity index (χ0) is 23.8. The summed E-state index contributed by atoms with van der Waals surface area (Å²) in [5.41, 5.74) is 2.12. The standard InChI is InChI=1S/C25H32Br2N2O3/c1-6-17(4)28-25(31)18(5)29(14-19-7-10-21(26)11-8-19)24(30)15-32-23-12-9-20(16(2)3)13-22(23)27/h7-13,16-18H,6,14-15H2,1-5H3,(H,28,31)/t17-,18+/m1/s1. The van der Waals surface area contributed by atoms with Crippen LogP contribution in [0.15, 0.2) is 51.4 Å². The third-order valence-corrected chi connectivity index (χ3v) is 6.56. The maximum Gasteiger partial charge on any atom is 0.261 e. The van der Waals surface area contributed by atoms with E-state index in [1.807, 2.05) is 56.3 Å². The van der Waals surface area contributed by atoms with Gasteiger partial charge in [0.05, 0.1) is 4.47 Å². The third kappa shape index (κ3) is 7.62. The average molecular weight is 568 g/mol. The van der Waals surface area contributed by atoms with Gasteiger partial charge in [-0.05, 0) is 77.5 Å². The normalized spacial score (nSPS) is 12.9. The first-order valence-electron chi connectivity index (χ1n) is 10.9. The summed E-state index contributed by atoms with van der Waals surface area (Å²) in [6.07, 6.45) is 0.822. The number of benzene rings is 2. The molecule has 32 heavy (non-hydrogen) atoms. The van der Waals surface area contributed by atoms with Crippen LogP contribution in [0.1, 0.15) is 58.1 Å². The van der Waals surface area contributed by atoms with Crippen LogP contribution in [0.5, 0.6) is 5.75 Å². The fourth-order valence-electron chi connectivity index (χ4n) is 3.05. The monoisotopic (exact) mass is 566 g/mol. The van der Waals surface area contributed by atoms with Crippen molar-refractivity contribution in [3.63, 3.8) is 0 Å². The van der Waals surface area contributed by atoms with Crippen LogP contribution in [-0.4, -0.2) is 35.4 Å². The Hall–Kier alpha value is -1.86. The summed E-state index contributed by atoms with van der Waals surface area (Å²) in [5, 5.41) is 2.97. The van der Waals surface area contributed by atoms with Gasteiger partial charge in [-0.15, -0.1) is 0 Å². The predicted octanol–water partition coefficient (Wildman–Crippen LogP) is 6.05. The SMILES string of the molecule is CC[C@@H](C)NC(=O)[C@H](C)N(Cc1ccc(Br)cc1)C(=O)COc1ccc(C(C)C)cc1Br. The van der Waals surface area contributed by atoms with Crippen LogP contribution in [0.2, 0.25) is 0 Å². The smallest absolute Gasteiger partial charge is 0.261 e. The molecule has 2 amide bonds. The molecule has 0 heterocycles. The van der Waals surface area contributed by atoms with Crippen molar-refractivity contribution >= 4 is 43.7 Å². The van der Waals surface area contributed by atoms with Crippen LogP contribution in [0, 0.1) is 0 Å². The summed E-state index contributed by atoms with van der Waals surface area (Å²) in [7, 11) is 0. The molecule has 0 bridgehead atoms. The summed E-state index contributed by atoms with van der Waals surface area (Å²) >= 11 is 6.96. The predicted molar refractivity (Wildman–Crippen MR) is 136 cm³/mol. The summed E-state index contributed by atoms with van der Waals surface area (Å²) < 4.78 is 7.59. The van der Waals surface area contributed by atoms with E-state index in [1.165, 1.54) is 5.56 Å². The van der Waals surface area contributed by atoms with E-state index in [2.05, 4.69) is 51.0 Å². The molecule has 0 aliphatic rings. The van der Waals surface area contributed by atoms with Gasteiger partial charge < -0.3 is 15.0 Å². The zero-order valence-electron chi connectivity index (χ0n) is 19.3. The van der Waals surface area contributed by atoms with Gasteiger partial charge in [0.25, 0.3) is 5.91 Å². The van der Waals surface area contributed by atoms with Crippen LogP contribution in [0.3, 0.4) is 0 Å². The maximum absolute atomic E-state index is 13.2. The lowest BCUT2D eigenvalue weighted by atomic mass is 10.0. The largest absolute Gasteiger partial charge is 0.483 e. The first-order chi connectivity index (χ1) is 15.1. The van der Waals surface area contributed by atoms with Gasteiger partial charge in [0.2, 0.25) is 5.91 Å². The number of hydrogen-bond donors (Lipinski definition) is 1. The molecule has 174 valence electrons. The van der Waals surface area contributed by atoms with Crippen molar-refractivity contribution in [3.8, 4) is 5.75 Å². The zero-order valence-corrected chi connectivity index (χ0v) is 22.5. The molecule has 7 heteroatoms. The Bertz CT molecular complexity index is 916. The fourth-order valence-corrected chi connectivity index (χ4v) is 3.83. The fraction of sp³-hybridized carbons (Fsp3) is 0.440. The van der Waals surface area contributed by atoms with Crippen molar-refractivity contribution in [2.24, 2.45) is 0 Å². The van der Waals surface area contributed by atoms with Crippen LogP contribution >= 0.6 is 31.9 Å². The first kappa shape index (κ1) is 26.4. The second-order valence-electron chi connectivity index (χ2n) is 8.28. The van der Waals surface area contributed by atoms with Gasteiger partial charge >= 0.3 is 0 Å². The highest BCUT2D eigenvalue weighted by atomic mass is 79.9. The van der Waals surface area contributed by atoms with Crippen LogP contribution in [0.25, 0.3) is 0 Å². The Morgan fingerprint density at radius 2 is 1.69 bits per heavy atom. The molecule has 2 aromatic carbocycles. The molecule has 2 aromatic rings. The number of nitrogens with zero attached hydrogens (tertiary/aromatic N) is 1. The molecule has 0 aromatic heterocycles. The Balaban J connectivity index is 2.17. The van der Waals surface area contributed by atoms with Crippen LogP contribution < -0.4 is 10.1 Å². The molecule has 0 saturated carbocycles. The molecule has 0 spiro atoms. The molecular formula is C25H32Br2N2O3. The summed E-state index contributed by atoms with van der Waals surface area (Å²) in [6.45, 7) is 10.1. The minimum absolute atomic E-state index is 0.0428. The number of nitrogens with one attached hydrogen (secondary N) is 1. The Kier molecular flexibility index (Phi) is 10.2. The topological polar surface area (TPSA) is 58.6 Å². The third-order valence-electron chi connectivity index (χ3n) is 5.41. The molecular weight excluding hydrogens is 536 g/mol. The van der Waals surface area contributed by atoms with Gasteiger partial charge in [0, 0.05) is 17.1 Å². The van der Waals surface area contributed by atoms with Gasteiger partial charge in [-0.25, -0.2) is 0 Å². The number of carbonyl (C=O) groups excluding carboxylic acids is 2. The van der Waals surface area contributed by atoms with Crippen molar-refractivity contribution in [1.82, 2.24) is 10.2 Å². The van der Waals surface area contributed by atoms with Crippen molar-refractivity contribution in [3.05, 3.63) is 62.5 Å². The molecule has 2 rings (SSSR count). The minimum Gasteiger partial charge on any atom is -0.483 e. The van der Waals surface area contributed by atoms with E-state index in [4.69, 9.17) is 4.74 Å². The summed E-state index contributed by atoms with van der Waals surface area (Å²) in [6, 6.07) is 13.0. The highest BCUT2D eigenvalue weighted by Crippen LogP contribution is 2.29. The van der Waals surface area contributed by atoms with Crippen molar-refractivity contribution in [1.29, 1.82) is 0 Å². The number of amides is 2. The van der Waals surface area contributed by atoms with E-state index < -0.39 is 6.04 Å². The highest BCUT2D eigenvalue weighted by Gasteiger charge is 2.27. The first-order valence-corrected chi connectivity index (χ1v) is 12.5. The van der Waals surface area contributed by atoms with Crippen molar-refractivity contribution in [2.75, 3.05) is 6.61 Å². The van der Waals surface area contributed by atoms with Crippen molar-refractivity contribution < 1.29 is 14.3 Å². The Morgan fingerprint density at radius 3 is 2.25 bits per heavy atom. The Labute approximate surface area is 208 Å². The molecule has 0 fully saturated rings. The van der Waals surface area contributed by atoms with Crippen LogP contribution in [0.4, 0.5) is 0 Å². The number of hydrogen-bond acceptors (Lipinski definition) is 3. The van der Waals surface area contributed by atoms with Gasteiger partial charge in [-0.1, -0.05) is 54.9 Å². The lowest BCUT2D eigenvalue weighted by Gasteiger charge is -2.29. The van der Waals surface area contributed by atoms with E-state index in [-0.39, 0.29) is 24.5 Å². The second-order valence-corrected chi connectivity index (χ2v) is 10.0. The molecule has 0 radical (unpaired) electrons. The average Bonchev–Trinajstić information content (AvgIpc) is 2.76. The molecule has 0 aliphatic carbocycles. The van der Waals surface area contributed by atoms with E-state index in [9.17, 15) is 9.59 Å². The van der Waals surface area contributed by atoms with E-state index >= 15 is 0 Å². The van der Waals surface area contributed by atoms with E-state index in [0.29, 0.717) is 18.2 Å². The van der Waals surface area contributed by atoms with Gasteiger partial charge in [-0.2, -0.15) is 0 Å². The van der Waals surface area contributed by atoms with Gasteiger partial charge in [-0.3, -0.25) is 9.59 Å². The molecule has 5 nitrogen and oxygen atoms in total. The lowest BCUT2D eigenvalue weighted by molar-refractivity contribution is -0.142. The molecule has 0 saturated heterocycles. The van der Waals surface area contributed by atoms with Gasteiger partial charge in [0.1, 0.15) is 11.8 Å². The molecule has 0 unspecified atom stereocenters. The van der Waals surface area contributed by atoms with Crippen molar-refractivity contribution in [2.45, 2.75) is 65.6 Å². The Morgan fingerprint density at radius 1 is 1.03 bits per heavy atom. The highest BCUT2D eigenvalue weighted by molar-refractivity contribution is 9.10. The number of ether oxygens (including phenoxy) is 1. The van der Waals surface area contributed by atoms with Gasteiger partial charge in [0.15, 0.2) is 6.61 Å². The second kappa shape index (κ2) is 12.4. The summed E-state index contributed by atoms with van der Waals surface area (Å²) in [4.78, 5) is 27.5.